The summed E-state index contributed by atoms with van der Waals surface area (Å²) in [6.07, 6.45) is 14.5. The van der Waals surface area contributed by atoms with Crippen molar-refractivity contribution < 1.29 is 19.7 Å². The number of carbonyl (C=O) groups is 1. The summed E-state index contributed by atoms with van der Waals surface area (Å²) in [5, 5.41) is 18.8. The first-order chi connectivity index (χ1) is 13.5. The second-order valence-electron chi connectivity index (χ2n) is 8.17. The molecule has 5 nitrogen and oxygen atoms in total. The van der Waals surface area contributed by atoms with Gasteiger partial charge in [-0.1, -0.05) is 65.2 Å². The zero-order valence-electron chi connectivity index (χ0n) is 18.8. The molecule has 0 spiro atoms. The Kier molecular flexibility index (Phi) is 19.2. The maximum Gasteiger partial charge on any atom is 0.306 e. The van der Waals surface area contributed by atoms with Crippen LogP contribution in [-0.2, 0) is 9.53 Å². The average Bonchev–Trinajstić information content (AvgIpc) is 2.66. The van der Waals surface area contributed by atoms with Gasteiger partial charge in [0.15, 0.2) is 0 Å². The van der Waals surface area contributed by atoms with Gasteiger partial charge in [-0.2, -0.15) is 0 Å². The van der Waals surface area contributed by atoms with Crippen molar-refractivity contribution in [1.82, 2.24) is 4.90 Å². The first-order valence-corrected chi connectivity index (χ1v) is 11.7. The lowest BCUT2D eigenvalue weighted by atomic mass is 10.1. The fourth-order valence-electron chi connectivity index (χ4n) is 3.46. The standard InChI is InChI=1S/C23H47NO4/c1-4-6-7-8-9-10-13-16-22(5-2)28-23(27)17-14-11-12-15-21(26)20-24(3)18-19-25/h21-22,25-26H,4-20H2,1-3H3. The van der Waals surface area contributed by atoms with E-state index in [2.05, 4.69) is 13.8 Å². The lowest BCUT2D eigenvalue weighted by Crippen LogP contribution is -2.31. The first-order valence-electron chi connectivity index (χ1n) is 11.7. The van der Waals surface area contributed by atoms with Gasteiger partial charge in [0.1, 0.15) is 6.10 Å². The molecule has 0 radical (unpaired) electrons. The third-order valence-corrected chi connectivity index (χ3v) is 5.31. The number of carbonyl (C=O) groups excluding carboxylic acids is 1. The van der Waals surface area contributed by atoms with Crippen LogP contribution in [0.4, 0.5) is 0 Å². The molecule has 0 aliphatic heterocycles. The number of likely N-dealkylation sites (N-methyl/N-ethyl adjacent to an activating group) is 1. The van der Waals surface area contributed by atoms with Gasteiger partial charge in [0, 0.05) is 19.5 Å². The normalized spacial score (nSPS) is 13.6. The van der Waals surface area contributed by atoms with Crippen molar-refractivity contribution in [3.05, 3.63) is 0 Å². The average molecular weight is 402 g/mol. The van der Waals surface area contributed by atoms with Crippen LogP contribution in [0.1, 0.15) is 104 Å². The quantitative estimate of drug-likeness (QED) is 0.229. The highest BCUT2D eigenvalue weighted by Crippen LogP contribution is 2.15. The molecule has 0 heterocycles. The van der Waals surface area contributed by atoms with Crippen LogP contribution in [-0.4, -0.2) is 60.0 Å². The van der Waals surface area contributed by atoms with Crippen LogP contribution >= 0.6 is 0 Å². The van der Waals surface area contributed by atoms with E-state index in [9.17, 15) is 9.90 Å². The molecule has 5 heteroatoms. The summed E-state index contributed by atoms with van der Waals surface area (Å²) in [6, 6.07) is 0. The maximum atomic E-state index is 12.0. The second-order valence-corrected chi connectivity index (χ2v) is 8.17. The number of hydrogen-bond donors (Lipinski definition) is 2. The van der Waals surface area contributed by atoms with Gasteiger partial charge in [0.05, 0.1) is 12.7 Å². The number of nitrogens with zero attached hydrogens (tertiary/aromatic N) is 1. The molecule has 0 aliphatic rings. The fourth-order valence-corrected chi connectivity index (χ4v) is 3.46. The summed E-state index contributed by atoms with van der Waals surface area (Å²) < 4.78 is 5.63. The molecule has 2 N–H and O–H groups in total. The molecule has 0 aromatic heterocycles. The van der Waals surface area contributed by atoms with Crippen LogP contribution in [0.15, 0.2) is 0 Å². The van der Waals surface area contributed by atoms with Crippen LogP contribution in [0.25, 0.3) is 0 Å². The SMILES string of the molecule is CCCCCCCCCC(CC)OC(=O)CCCCCC(O)CN(C)CCO. The third kappa shape index (κ3) is 17.4. The molecule has 0 aromatic carbocycles. The molecule has 28 heavy (non-hydrogen) atoms. The molecule has 168 valence electrons. The molecule has 2 atom stereocenters. The van der Waals surface area contributed by atoms with E-state index in [0.717, 1.165) is 44.9 Å². The van der Waals surface area contributed by atoms with E-state index in [-0.39, 0.29) is 24.8 Å². The number of ether oxygens (including phenoxy) is 1. The van der Waals surface area contributed by atoms with Crippen molar-refractivity contribution in [1.29, 1.82) is 0 Å². The zero-order valence-corrected chi connectivity index (χ0v) is 18.8. The minimum absolute atomic E-state index is 0.0713. The van der Waals surface area contributed by atoms with Gasteiger partial charge in [-0.25, -0.2) is 0 Å². The van der Waals surface area contributed by atoms with Crippen LogP contribution in [0.5, 0.6) is 0 Å². The lowest BCUT2D eigenvalue weighted by molar-refractivity contribution is -0.149. The number of rotatable bonds is 20. The van der Waals surface area contributed by atoms with E-state index in [0.29, 0.717) is 19.5 Å². The Labute approximate surface area is 173 Å². The minimum Gasteiger partial charge on any atom is -0.462 e. The minimum atomic E-state index is -0.366. The van der Waals surface area contributed by atoms with E-state index in [1.165, 1.54) is 38.5 Å². The summed E-state index contributed by atoms with van der Waals surface area (Å²) in [6.45, 7) is 5.61. The largest absolute Gasteiger partial charge is 0.462 e. The fraction of sp³-hybridized carbons (Fsp3) is 0.957. The highest BCUT2D eigenvalue weighted by atomic mass is 16.5. The van der Waals surface area contributed by atoms with Crippen LogP contribution in [0, 0.1) is 0 Å². The predicted octanol–water partition coefficient (Wildman–Crippen LogP) is 4.68. The summed E-state index contributed by atoms with van der Waals surface area (Å²) in [7, 11) is 1.89. The number of unbranched alkanes of at least 4 members (excludes halogenated alkanes) is 8. The Morgan fingerprint density at radius 1 is 0.929 bits per heavy atom. The first kappa shape index (κ1) is 27.4. The number of esters is 1. The molecule has 0 rings (SSSR count). The Morgan fingerprint density at radius 3 is 2.18 bits per heavy atom. The Balaban J connectivity index is 3.66. The van der Waals surface area contributed by atoms with Crippen molar-refractivity contribution in [2.24, 2.45) is 0 Å². The predicted molar refractivity (Wildman–Crippen MR) is 116 cm³/mol. The Bertz CT molecular complexity index is 351. The Hall–Kier alpha value is -0.650. The smallest absolute Gasteiger partial charge is 0.306 e. The van der Waals surface area contributed by atoms with Crippen LogP contribution < -0.4 is 0 Å². The van der Waals surface area contributed by atoms with Gasteiger partial charge in [-0.05, 0) is 39.2 Å². The van der Waals surface area contributed by atoms with E-state index in [4.69, 9.17) is 9.84 Å². The van der Waals surface area contributed by atoms with Gasteiger partial charge >= 0.3 is 5.97 Å². The molecule has 0 amide bonds. The molecule has 0 fully saturated rings. The molecular formula is C23H47NO4. The van der Waals surface area contributed by atoms with Gasteiger partial charge in [-0.15, -0.1) is 0 Å². The lowest BCUT2D eigenvalue weighted by Gasteiger charge is -2.19. The van der Waals surface area contributed by atoms with Crippen molar-refractivity contribution in [3.63, 3.8) is 0 Å². The summed E-state index contributed by atoms with van der Waals surface area (Å²) in [4.78, 5) is 14.0. The van der Waals surface area contributed by atoms with Gasteiger partial charge < -0.3 is 19.8 Å². The summed E-state index contributed by atoms with van der Waals surface area (Å²) >= 11 is 0. The van der Waals surface area contributed by atoms with Gasteiger partial charge in [0.25, 0.3) is 0 Å². The molecule has 2 unspecified atom stereocenters. The maximum absolute atomic E-state index is 12.0. The number of aliphatic hydroxyl groups is 2. The molecular weight excluding hydrogens is 354 g/mol. The van der Waals surface area contributed by atoms with E-state index >= 15 is 0 Å². The zero-order chi connectivity index (χ0) is 21.0. The highest BCUT2D eigenvalue weighted by molar-refractivity contribution is 5.69. The van der Waals surface area contributed by atoms with E-state index in [1.807, 2.05) is 11.9 Å². The molecule has 0 saturated carbocycles. The molecule has 0 aliphatic carbocycles. The van der Waals surface area contributed by atoms with Crippen LogP contribution in [0.3, 0.4) is 0 Å². The molecule has 0 saturated heterocycles. The molecule has 0 bridgehead atoms. The second kappa shape index (κ2) is 19.7. The highest BCUT2D eigenvalue weighted by Gasteiger charge is 2.12. The van der Waals surface area contributed by atoms with Crippen LogP contribution in [0.2, 0.25) is 0 Å². The van der Waals surface area contributed by atoms with Crippen molar-refractivity contribution in [3.8, 4) is 0 Å². The molecule has 0 aromatic rings. The van der Waals surface area contributed by atoms with Crippen molar-refractivity contribution in [2.45, 2.75) is 116 Å². The van der Waals surface area contributed by atoms with E-state index in [1.54, 1.807) is 0 Å². The summed E-state index contributed by atoms with van der Waals surface area (Å²) in [5.74, 6) is -0.0713. The monoisotopic (exact) mass is 401 g/mol. The number of hydrogen-bond acceptors (Lipinski definition) is 5. The number of aliphatic hydroxyl groups excluding tert-OH is 2. The van der Waals surface area contributed by atoms with Gasteiger partial charge in [0.2, 0.25) is 0 Å². The third-order valence-electron chi connectivity index (χ3n) is 5.31. The van der Waals surface area contributed by atoms with Crippen molar-refractivity contribution >= 4 is 5.97 Å². The van der Waals surface area contributed by atoms with Crippen molar-refractivity contribution in [2.75, 3.05) is 26.7 Å². The summed E-state index contributed by atoms with van der Waals surface area (Å²) in [5.41, 5.74) is 0. The Morgan fingerprint density at radius 2 is 1.54 bits per heavy atom. The topological polar surface area (TPSA) is 70.0 Å². The van der Waals surface area contributed by atoms with Gasteiger partial charge in [-0.3, -0.25) is 4.79 Å². The van der Waals surface area contributed by atoms with E-state index < -0.39 is 0 Å².